The molecule has 0 saturated carbocycles. The molecule has 0 saturated heterocycles. The van der Waals surface area contributed by atoms with Crippen LogP contribution in [0.15, 0.2) is 52.1 Å². The number of aromatic amines is 2. The summed E-state index contributed by atoms with van der Waals surface area (Å²) in [4.78, 5) is 31.2. The number of aromatic hydroxyl groups is 1. The van der Waals surface area contributed by atoms with Crippen molar-refractivity contribution in [2.45, 2.75) is 19.0 Å². The summed E-state index contributed by atoms with van der Waals surface area (Å²) >= 11 is 0. The molecule has 0 spiro atoms. The molecule has 0 radical (unpaired) electrons. The maximum absolute atomic E-state index is 12.9. The molecule has 1 aliphatic rings. The second-order valence-corrected chi connectivity index (χ2v) is 8.00. The molecule has 5 rings (SSSR count). The lowest BCUT2D eigenvalue weighted by atomic mass is 9.95. The van der Waals surface area contributed by atoms with Gasteiger partial charge < -0.3 is 24.9 Å². The highest BCUT2D eigenvalue weighted by Gasteiger charge is 2.31. The van der Waals surface area contributed by atoms with Crippen LogP contribution in [-0.4, -0.2) is 40.4 Å². The number of hydrogen-bond acceptors (Lipinski definition) is 6. The molecule has 9 nitrogen and oxygen atoms in total. The number of aromatic nitrogens is 3. The predicted octanol–water partition coefficient (Wildman–Crippen LogP) is 2.02. The van der Waals surface area contributed by atoms with Gasteiger partial charge in [0.1, 0.15) is 17.1 Å². The van der Waals surface area contributed by atoms with Crippen LogP contribution >= 0.6 is 0 Å². The van der Waals surface area contributed by atoms with E-state index in [1.54, 1.807) is 38.5 Å². The van der Waals surface area contributed by atoms with Gasteiger partial charge in [0.25, 0.3) is 5.56 Å². The van der Waals surface area contributed by atoms with Crippen LogP contribution in [0.5, 0.6) is 17.4 Å². The maximum atomic E-state index is 12.9. The zero-order chi connectivity index (χ0) is 23.1. The van der Waals surface area contributed by atoms with Gasteiger partial charge in [0.05, 0.1) is 26.8 Å². The summed E-state index contributed by atoms with van der Waals surface area (Å²) in [5, 5.41) is 15.4. The van der Waals surface area contributed by atoms with Gasteiger partial charge in [-0.15, -0.1) is 0 Å². The monoisotopic (exact) mass is 448 g/mol. The van der Waals surface area contributed by atoms with E-state index in [0.29, 0.717) is 12.3 Å². The highest BCUT2D eigenvalue weighted by molar-refractivity contribution is 5.86. The number of nitrogens with zero attached hydrogens (tertiary/aromatic N) is 1. The molecule has 9 heteroatoms. The molecule has 33 heavy (non-hydrogen) atoms. The molecule has 1 aliphatic heterocycles. The first-order chi connectivity index (χ1) is 16.0. The summed E-state index contributed by atoms with van der Waals surface area (Å²) in [7, 11) is 3.19. The quantitative estimate of drug-likeness (QED) is 0.371. The van der Waals surface area contributed by atoms with Gasteiger partial charge in [-0.1, -0.05) is 12.1 Å². The topological polar surface area (TPSA) is 121 Å². The van der Waals surface area contributed by atoms with Crippen molar-refractivity contribution < 1.29 is 14.6 Å². The van der Waals surface area contributed by atoms with E-state index in [0.717, 1.165) is 39.9 Å². The van der Waals surface area contributed by atoms with Crippen molar-refractivity contribution in [3.63, 3.8) is 0 Å². The molecule has 1 atom stereocenters. The molecule has 3 heterocycles. The number of fused-ring (bicyclic) bond motifs is 3. The van der Waals surface area contributed by atoms with Crippen LogP contribution in [0.1, 0.15) is 28.4 Å². The third-order valence-corrected chi connectivity index (χ3v) is 6.15. The van der Waals surface area contributed by atoms with E-state index in [2.05, 4.69) is 15.3 Å². The van der Waals surface area contributed by atoms with Crippen LogP contribution in [0.25, 0.3) is 10.9 Å². The van der Waals surface area contributed by atoms with Gasteiger partial charge in [-0.3, -0.25) is 14.3 Å². The van der Waals surface area contributed by atoms with Crippen molar-refractivity contribution in [2.75, 3.05) is 20.8 Å². The predicted molar refractivity (Wildman–Crippen MR) is 123 cm³/mol. The number of H-pyrrole nitrogens is 2. The molecule has 0 aliphatic carbocycles. The van der Waals surface area contributed by atoms with Crippen molar-refractivity contribution >= 4 is 10.9 Å². The Bertz CT molecular complexity index is 1450. The largest absolute Gasteiger partial charge is 0.497 e. The standard InChI is InChI=1S/C24H24N4O5/c1-32-14-5-3-13(4-6-14)12-28-23(30)19(22(29)27-24(28)31)21-20-16(9-10-25-21)17-11-15(33-2)7-8-18(17)26-20/h3-8,11,21,25-26,30H,9-10,12H2,1-2H3,(H,27,29,31)/t21-/m0/s1. The molecular weight excluding hydrogens is 424 g/mol. The Labute approximate surface area is 188 Å². The molecule has 2 aromatic heterocycles. The second-order valence-electron chi connectivity index (χ2n) is 8.00. The number of nitrogens with one attached hydrogen (secondary N) is 3. The summed E-state index contributed by atoms with van der Waals surface area (Å²) in [5.41, 5.74) is 2.35. The van der Waals surface area contributed by atoms with Gasteiger partial charge in [0.2, 0.25) is 5.88 Å². The third kappa shape index (κ3) is 3.56. The van der Waals surface area contributed by atoms with E-state index in [1.165, 1.54) is 4.57 Å². The van der Waals surface area contributed by atoms with E-state index < -0.39 is 17.3 Å². The molecule has 0 unspecified atom stereocenters. The van der Waals surface area contributed by atoms with Crippen molar-refractivity contribution in [1.29, 1.82) is 0 Å². The second kappa shape index (κ2) is 8.18. The molecule has 0 amide bonds. The summed E-state index contributed by atoms with van der Waals surface area (Å²) in [5.74, 6) is 1.07. The average Bonchev–Trinajstić information content (AvgIpc) is 3.20. The van der Waals surface area contributed by atoms with Crippen molar-refractivity contribution in [1.82, 2.24) is 19.9 Å². The minimum Gasteiger partial charge on any atom is -0.497 e. The van der Waals surface area contributed by atoms with Gasteiger partial charge in [0.15, 0.2) is 0 Å². The number of methoxy groups -OCH3 is 2. The van der Waals surface area contributed by atoms with Crippen molar-refractivity contribution in [3.05, 3.63) is 85.7 Å². The first kappa shape index (κ1) is 20.9. The minimum atomic E-state index is -0.672. The fourth-order valence-corrected chi connectivity index (χ4v) is 4.48. The fourth-order valence-electron chi connectivity index (χ4n) is 4.48. The smallest absolute Gasteiger partial charge is 0.331 e. The van der Waals surface area contributed by atoms with Gasteiger partial charge in [-0.05, 0) is 47.9 Å². The summed E-state index contributed by atoms with van der Waals surface area (Å²) in [6.45, 7) is 0.709. The van der Waals surface area contributed by atoms with Gasteiger partial charge >= 0.3 is 5.69 Å². The van der Waals surface area contributed by atoms with Crippen LogP contribution in [0.2, 0.25) is 0 Å². The molecule has 2 aromatic carbocycles. The Morgan fingerprint density at radius 3 is 2.48 bits per heavy atom. The van der Waals surface area contributed by atoms with E-state index in [1.807, 2.05) is 18.2 Å². The third-order valence-electron chi connectivity index (χ3n) is 6.15. The summed E-state index contributed by atoms with van der Waals surface area (Å²) < 4.78 is 11.7. The Balaban J connectivity index is 1.61. The lowest BCUT2D eigenvalue weighted by molar-refractivity contribution is 0.390. The Morgan fingerprint density at radius 2 is 1.76 bits per heavy atom. The number of benzene rings is 2. The SMILES string of the molecule is COc1ccc(Cn2c(O)c([C@@H]3NCCc4c3[nH]c3ccc(OC)cc43)c(=O)[nH]c2=O)cc1. The summed E-state index contributed by atoms with van der Waals surface area (Å²) in [6, 6.07) is 12.3. The maximum Gasteiger partial charge on any atom is 0.331 e. The Kier molecular flexibility index (Phi) is 5.18. The molecule has 4 N–H and O–H groups in total. The number of hydrogen-bond donors (Lipinski definition) is 4. The number of ether oxygens (including phenoxy) is 2. The normalized spacial score (nSPS) is 15.4. The van der Waals surface area contributed by atoms with E-state index >= 15 is 0 Å². The minimum absolute atomic E-state index is 0.0991. The highest BCUT2D eigenvalue weighted by Crippen LogP contribution is 2.36. The zero-order valence-electron chi connectivity index (χ0n) is 18.3. The fraction of sp³-hybridized carbons (Fsp3) is 0.250. The average molecular weight is 448 g/mol. The first-order valence-corrected chi connectivity index (χ1v) is 10.6. The lowest BCUT2D eigenvalue weighted by Gasteiger charge is -2.25. The molecule has 0 bridgehead atoms. The van der Waals surface area contributed by atoms with Gasteiger partial charge in [-0.2, -0.15) is 0 Å². The Hall–Kier alpha value is -3.98. The van der Waals surface area contributed by atoms with Crippen LogP contribution in [-0.2, 0) is 13.0 Å². The van der Waals surface area contributed by atoms with Crippen LogP contribution in [0, 0.1) is 0 Å². The number of rotatable bonds is 5. The van der Waals surface area contributed by atoms with Crippen LogP contribution in [0.4, 0.5) is 0 Å². The van der Waals surface area contributed by atoms with Crippen molar-refractivity contribution in [2.24, 2.45) is 0 Å². The van der Waals surface area contributed by atoms with E-state index in [4.69, 9.17) is 9.47 Å². The molecule has 0 fully saturated rings. The zero-order valence-corrected chi connectivity index (χ0v) is 18.3. The molecule has 170 valence electrons. The molecular formula is C24H24N4O5. The van der Waals surface area contributed by atoms with Gasteiger partial charge in [0, 0.05) is 23.1 Å². The summed E-state index contributed by atoms with van der Waals surface area (Å²) in [6.07, 6.45) is 0.753. The van der Waals surface area contributed by atoms with Gasteiger partial charge in [-0.25, -0.2) is 4.79 Å². The highest BCUT2D eigenvalue weighted by atomic mass is 16.5. The van der Waals surface area contributed by atoms with Crippen LogP contribution in [0.3, 0.4) is 0 Å². The van der Waals surface area contributed by atoms with E-state index in [-0.39, 0.29) is 18.0 Å². The molecule has 4 aromatic rings. The Morgan fingerprint density at radius 1 is 1.03 bits per heavy atom. The lowest BCUT2D eigenvalue weighted by Crippen LogP contribution is -2.39. The first-order valence-electron chi connectivity index (χ1n) is 10.6. The van der Waals surface area contributed by atoms with Crippen molar-refractivity contribution in [3.8, 4) is 17.4 Å². The van der Waals surface area contributed by atoms with Crippen LogP contribution < -0.4 is 26.0 Å². The van der Waals surface area contributed by atoms with E-state index in [9.17, 15) is 14.7 Å².